The van der Waals surface area contributed by atoms with Gasteiger partial charge in [-0.2, -0.15) is 0 Å². The van der Waals surface area contributed by atoms with E-state index in [1.165, 1.54) is 33.0 Å². The van der Waals surface area contributed by atoms with Crippen molar-refractivity contribution in [2.45, 2.75) is 0 Å². The van der Waals surface area contributed by atoms with Crippen molar-refractivity contribution in [1.29, 1.82) is 0 Å². The quantitative estimate of drug-likeness (QED) is 0.172. The third-order valence-electron chi connectivity index (χ3n) is 10.5. The fourth-order valence-corrected chi connectivity index (χ4v) is 7.77. The predicted molar refractivity (Wildman–Crippen MR) is 226 cm³/mol. The molecule has 9 aromatic rings. The Kier molecular flexibility index (Phi) is 7.85. The maximum atomic E-state index is 7.19. The molecule has 9 aromatic carbocycles. The van der Waals surface area contributed by atoms with Crippen LogP contribution in [0.25, 0.3) is 66.4 Å². The van der Waals surface area contributed by atoms with Gasteiger partial charge in [0.1, 0.15) is 11.5 Å². The van der Waals surface area contributed by atoms with Crippen LogP contribution in [0, 0.1) is 0 Å². The zero-order valence-corrected chi connectivity index (χ0v) is 29.6. The van der Waals surface area contributed by atoms with Crippen molar-refractivity contribution in [3.8, 4) is 67.1 Å². The van der Waals surface area contributed by atoms with Gasteiger partial charge in [-0.1, -0.05) is 158 Å². The van der Waals surface area contributed by atoms with Crippen LogP contribution in [0.4, 0.5) is 17.1 Å². The second-order valence-corrected chi connectivity index (χ2v) is 13.7. The molecule has 0 aromatic heterocycles. The topological polar surface area (TPSA) is 12.5 Å². The highest BCUT2D eigenvalue weighted by molar-refractivity contribution is 6.01. The van der Waals surface area contributed by atoms with Gasteiger partial charge in [-0.25, -0.2) is 0 Å². The summed E-state index contributed by atoms with van der Waals surface area (Å²) >= 11 is 0. The highest BCUT2D eigenvalue weighted by Crippen LogP contribution is 2.52. The summed E-state index contributed by atoms with van der Waals surface area (Å²) in [5.74, 6) is 1.68. The summed E-state index contributed by atoms with van der Waals surface area (Å²) < 4.78 is 7.19. The van der Waals surface area contributed by atoms with Gasteiger partial charge in [0.2, 0.25) is 0 Å². The number of benzene rings is 9. The van der Waals surface area contributed by atoms with E-state index >= 15 is 0 Å². The smallest absolute Gasteiger partial charge is 0.143 e. The van der Waals surface area contributed by atoms with Crippen LogP contribution in [0.5, 0.6) is 11.5 Å². The van der Waals surface area contributed by atoms with Gasteiger partial charge in [0.05, 0.1) is 0 Å². The number of ether oxygens (including phenoxy) is 1. The standard InChI is InChI=1S/C52H35NO/c1-4-13-36(14-5-1)38-23-27-43(28-24-38)53(44-29-25-39(26-30-44)37-15-6-2-7-16-37)45-31-32-47-49-33-41-19-10-11-20-42(41)34-50(49)48-22-12-21-46(40-17-8-3-9-18-40)52(48)54-51(47)35-45/h1-35H. The van der Waals surface area contributed by atoms with Crippen LogP contribution in [0.15, 0.2) is 212 Å². The number of rotatable bonds is 6. The molecule has 10 rings (SSSR count). The van der Waals surface area contributed by atoms with Crippen LogP contribution >= 0.6 is 0 Å². The van der Waals surface area contributed by atoms with Gasteiger partial charge in [0.25, 0.3) is 0 Å². The van der Waals surface area contributed by atoms with Gasteiger partial charge < -0.3 is 9.64 Å². The number of hydrogen-bond acceptors (Lipinski definition) is 2. The molecule has 0 atom stereocenters. The Bertz CT molecular complexity index is 2670. The summed E-state index contributed by atoms with van der Waals surface area (Å²) in [6.45, 7) is 0. The maximum absolute atomic E-state index is 7.19. The highest BCUT2D eigenvalue weighted by atomic mass is 16.5. The Morgan fingerprint density at radius 3 is 1.28 bits per heavy atom. The van der Waals surface area contributed by atoms with Gasteiger partial charge >= 0.3 is 0 Å². The lowest BCUT2D eigenvalue weighted by atomic mass is 9.90. The molecular formula is C52H35NO. The predicted octanol–water partition coefficient (Wildman–Crippen LogP) is 14.8. The van der Waals surface area contributed by atoms with Gasteiger partial charge in [0.15, 0.2) is 0 Å². The lowest BCUT2D eigenvalue weighted by molar-refractivity contribution is 0.489. The molecule has 1 aliphatic heterocycles. The summed E-state index contributed by atoms with van der Waals surface area (Å²) in [5, 5.41) is 2.41. The van der Waals surface area contributed by atoms with Crippen molar-refractivity contribution in [3.63, 3.8) is 0 Å². The monoisotopic (exact) mass is 689 g/mol. The van der Waals surface area contributed by atoms with Crippen molar-refractivity contribution in [2.24, 2.45) is 0 Å². The molecule has 1 aliphatic rings. The largest absolute Gasteiger partial charge is 0.455 e. The summed E-state index contributed by atoms with van der Waals surface area (Å²) in [4.78, 5) is 2.32. The highest BCUT2D eigenvalue weighted by Gasteiger charge is 2.26. The SMILES string of the molecule is c1ccc(-c2ccc(N(c3ccc(-c4ccccc4)cc3)c3ccc4c(c3)Oc3c(-c5ccccc5)cccc3-c3cc5ccccc5cc3-4)cc2)cc1. The molecule has 0 unspecified atom stereocenters. The molecule has 2 heteroatoms. The Morgan fingerprint density at radius 1 is 0.278 bits per heavy atom. The van der Waals surface area contributed by atoms with Gasteiger partial charge in [-0.15, -0.1) is 0 Å². The first-order chi connectivity index (χ1) is 26.8. The minimum absolute atomic E-state index is 0.818. The Labute approximate surface area is 315 Å². The van der Waals surface area contributed by atoms with Crippen LogP contribution in [0.1, 0.15) is 0 Å². The molecule has 0 saturated carbocycles. The molecule has 254 valence electrons. The van der Waals surface area contributed by atoms with Crippen LogP contribution < -0.4 is 9.64 Å². The molecule has 0 bridgehead atoms. The van der Waals surface area contributed by atoms with E-state index < -0.39 is 0 Å². The van der Waals surface area contributed by atoms with E-state index in [4.69, 9.17) is 4.74 Å². The molecule has 1 heterocycles. The molecule has 2 nitrogen and oxygen atoms in total. The molecular weight excluding hydrogens is 655 g/mol. The molecule has 0 aliphatic carbocycles. The number of anilines is 3. The van der Waals surface area contributed by atoms with Crippen molar-refractivity contribution in [2.75, 3.05) is 4.90 Å². The molecule has 0 N–H and O–H groups in total. The third-order valence-corrected chi connectivity index (χ3v) is 10.5. The number of nitrogens with zero attached hydrogens (tertiary/aromatic N) is 1. The lowest BCUT2D eigenvalue weighted by Gasteiger charge is -2.27. The zero-order valence-electron chi connectivity index (χ0n) is 29.6. The summed E-state index contributed by atoms with van der Waals surface area (Å²) in [5.41, 5.74) is 14.5. The van der Waals surface area contributed by atoms with E-state index in [2.05, 4.69) is 217 Å². The van der Waals surface area contributed by atoms with Crippen molar-refractivity contribution < 1.29 is 4.74 Å². The number of para-hydroxylation sites is 1. The number of hydrogen-bond donors (Lipinski definition) is 0. The first-order valence-corrected chi connectivity index (χ1v) is 18.4. The zero-order chi connectivity index (χ0) is 35.8. The first kappa shape index (κ1) is 31.6. The molecule has 0 spiro atoms. The summed E-state index contributed by atoms with van der Waals surface area (Å²) in [6, 6.07) is 75.7. The molecule has 0 radical (unpaired) electrons. The van der Waals surface area contributed by atoms with Crippen LogP contribution in [0.3, 0.4) is 0 Å². The van der Waals surface area contributed by atoms with Gasteiger partial charge in [-0.3, -0.25) is 0 Å². The van der Waals surface area contributed by atoms with Crippen molar-refractivity contribution >= 4 is 27.8 Å². The second kappa shape index (κ2) is 13.4. The Balaban J connectivity index is 1.16. The van der Waals surface area contributed by atoms with Gasteiger partial charge in [0, 0.05) is 39.8 Å². The Morgan fingerprint density at radius 2 is 0.722 bits per heavy atom. The summed E-state index contributed by atoms with van der Waals surface area (Å²) in [7, 11) is 0. The van der Waals surface area contributed by atoms with Crippen LogP contribution in [-0.2, 0) is 0 Å². The lowest BCUT2D eigenvalue weighted by Crippen LogP contribution is -2.10. The molecule has 54 heavy (non-hydrogen) atoms. The van der Waals surface area contributed by atoms with Crippen LogP contribution in [0.2, 0.25) is 0 Å². The number of fused-ring (bicyclic) bond motifs is 6. The molecule has 0 saturated heterocycles. The minimum Gasteiger partial charge on any atom is -0.455 e. The average Bonchev–Trinajstić information content (AvgIpc) is 3.38. The molecule has 0 amide bonds. The fraction of sp³-hybridized carbons (Fsp3) is 0. The van der Waals surface area contributed by atoms with E-state index in [1.54, 1.807) is 0 Å². The Hall–Kier alpha value is -7.16. The van der Waals surface area contributed by atoms with E-state index in [1.807, 2.05) is 0 Å². The van der Waals surface area contributed by atoms with E-state index in [9.17, 15) is 0 Å². The van der Waals surface area contributed by atoms with Crippen molar-refractivity contribution in [1.82, 2.24) is 0 Å². The van der Waals surface area contributed by atoms with Crippen LogP contribution in [-0.4, -0.2) is 0 Å². The van der Waals surface area contributed by atoms with E-state index in [0.717, 1.165) is 61.9 Å². The second-order valence-electron chi connectivity index (χ2n) is 13.7. The third kappa shape index (κ3) is 5.71. The fourth-order valence-electron chi connectivity index (χ4n) is 7.77. The first-order valence-electron chi connectivity index (χ1n) is 18.4. The van der Waals surface area contributed by atoms with Crippen molar-refractivity contribution in [3.05, 3.63) is 212 Å². The minimum atomic E-state index is 0.818. The van der Waals surface area contributed by atoms with Gasteiger partial charge in [-0.05, 0) is 98.2 Å². The van der Waals surface area contributed by atoms with E-state index in [-0.39, 0.29) is 0 Å². The normalized spacial score (nSPS) is 11.5. The molecule has 0 fully saturated rings. The average molecular weight is 690 g/mol. The summed E-state index contributed by atoms with van der Waals surface area (Å²) in [6.07, 6.45) is 0. The van der Waals surface area contributed by atoms with E-state index in [0.29, 0.717) is 0 Å². The maximum Gasteiger partial charge on any atom is 0.143 e.